The van der Waals surface area contributed by atoms with Crippen molar-refractivity contribution in [1.29, 1.82) is 0 Å². The van der Waals surface area contributed by atoms with Gasteiger partial charge in [0.1, 0.15) is 0 Å². The number of rotatable bonds is 4. The van der Waals surface area contributed by atoms with Crippen LogP contribution in [0.5, 0.6) is 0 Å². The Morgan fingerprint density at radius 3 is 2.80 bits per heavy atom. The largest absolute Gasteiger partial charge is 0.466 e. The normalized spacial score (nSPS) is 19.6. The van der Waals surface area contributed by atoms with Crippen LogP contribution in [0.4, 0.5) is 8.78 Å². The number of halogens is 3. The van der Waals surface area contributed by atoms with Crippen LogP contribution in [-0.4, -0.2) is 56.5 Å². The van der Waals surface area contributed by atoms with Gasteiger partial charge in [0.25, 0.3) is 6.43 Å². The van der Waals surface area contributed by atoms with Crippen molar-refractivity contribution in [2.45, 2.75) is 26.2 Å². The lowest BCUT2D eigenvalue weighted by Gasteiger charge is -2.33. The highest BCUT2D eigenvalue weighted by Gasteiger charge is 2.28. The van der Waals surface area contributed by atoms with Gasteiger partial charge in [0.05, 0.1) is 19.1 Å². The zero-order valence-corrected chi connectivity index (χ0v) is 14.1. The number of piperidine rings is 1. The second kappa shape index (κ2) is 10.1. The predicted octanol–water partition coefficient (Wildman–Crippen LogP) is 1.72. The fourth-order valence-corrected chi connectivity index (χ4v) is 2.12. The molecule has 8 heteroatoms. The summed E-state index contributed by atoms with van der Waals surface area (Å²) in [6, 6.07) is 0. The average molecular weight is 405 g/mol. The van der Waals surface area contributed by atoms with Crippen LogP contribution >= 0.6 is 24.0 Å². The number of guanidine groups is 1. The Hall–Kier alpha value is -0.670. The number of alkyl halides is 2. The second-order valence-electron chi connectivity index (χ2n) is 4.36. The first-order chi connectivity index (χ1) is 9.08. The molecule has 118 valence electrons. The van der Waals surface area contributed by atoms with Gasteiger partial charge in [-0.25, -0.2) is 8.78 Å². The Balaban J connectivity index is 0.00000361. The van der Waals surface area contributed by atoms with E-state index in [-0.39, 0.29) is 35.9 Å². The lowest BCUT2D eigenvalue weighted by molar-refractivity contribution is -0.149. The molecule has 0 unspecified atom stereocenters. The first-order valence-electron chi connectivity index (χ1n) is 6.48. The summed E-state index contributed by atoms with van der Waals surface area (Å²) in [5.74, 6) is -0.0235. The minimum absolute atomic E-state index is 0. The summed E-state index contributed by atoms with van der Waals surface area (Å²) in [5, 5.41) is 2.60. The van der Waals surface area contributed by atoms with Gasteiger partial charge in [-0.05, 0) is 19.8 Å². The van der Waals surface area contributed by atoms with Crippen LogP contribution in [0.3, 0.4) is 0 Å². The van der Waals surface area contributed by atoms with E-state index in [0.717, 1.165) is 12.8 Å². The van der Waals surface area contributed by atoms with Gasteiger partial charge in [-0.2, -0.15) is 0 Å². The monoisotopic (exact) mass is 405 g/mol. The molecule has 0 spiro atoms. The topological polar surface area (TPSA) is 53.9 Å². The minimum atomic E-state index is -2.43. The van der Waals surface area contributed by atoms with E-state index < -0.39 is 13.0 Å². The zero-order valence-electron chi connectivity index (χ0n) is 11.8. The summed E-state index contributed by atoms with van der Waals surface area (Å²) < 4.78 is 29.4. The fraction of sp³-hybridized carbons (Fsp3) is 0.833. The molecule has 1 aliphatic heterocycles. The molecule has 0 radical (unpaired) electrons. The standard InChI is InChI=1S/C12H21F2N3O2.HI/c1-3-19-11(18)9-5-4-6-17(8-9)12(15-2)16-7-10(13)14;/h9-10H,3-8H2,1-2H3,(H,15,16);1H/t9-;/m1./s1. The Morgan fingerprint density at radius 1 is 1.55 bits per heavy atom. The molecular weight excluding hydrogens is 383 g/mol. The third-order valence-corrected chi connectivity index (χ3v) is 2.97. The molecule has 0 aromatic heterocycles. The first kappa shape index (κ1) is 19.3. The quantitative estimate of drug-likeness (QED) is 0.335. The van der Waals surface area contributed by atoms with E-state index in [9.17, 15) is 13.6 Å². The van der Waals surface area contributed by atoms with E-state index in [4.69, 9.17) is 4.74 Å². The number of nitrogens with one attached hydrogen (secondary N) is 1. The highest BCUT2D eigenvalue weighted by atomic mass is 127. The van der Waals surface area contributed by atoms with Crippen molar-refractivity contribution in [1.82, 2.24) is 10.2 Å². The average Bonchev–Trinajstić information content (AvgIpc) is 2.40. The molecule has 1 fully saturated rings. The highest BCUT2D eigenvalue weighted by Crippen LogP contribution is 2.18. The summed E-state index contributed by atoms with van der Waals surface area (Å²) >= 11 is 0. The second-order valence-corrected chi connectivity index (χ2v) is 4.36. The van der Waals surface area contributed by atoms with Crippen molar-refractivity contribution in [3.63, 3.8) is 0 Å². The number of ether oxygens (including phenoxy) is 1. The molecular formula is C12H22F2IN3O2. The zero-order chi connectivity index (χ0) is 14.3. The Morgan fingerprint density at radius 2 is 2.25 bits per heavy atom. The van der Waals surface area contributed by atoms with E-state index >= 15 is 0 Å². The number of hydrogen-bond donors (Lipinski definition) is 1. The maximum absolute atomic E-state index is 12.2. The van der Waals surface area contributed by atoms with E-state index in [0.29, 0.717) is 25.7 Å². The Labute approximate surface area is 135 Å². The number of nitrogens with zero attached hydrogens (tertiary/aromatic N) is 2. The van der Waals surface area contributed by atoms with Gasteiger partial charge in [0, 0.05) is 20.1 Å². The number of carbonyl (C=O) groups excluding carboxylic acids is 1. The molecule has 1 atom stereocenters. The molecule has 1 rings (SSSR count). The van der Waals surface area contributed by atoms with E-state index in [2.05, 4.69) is 10.3 Å². The van der Waals surface area contributed by atoms with Crippen LogP contribution < -0.4 is 5.32 Å². The van der Waals surface area contributed by atoms with Crippen molar-refractivity contribution < 1.29 is 18.3 Å². The van der Waals surface area contributed by atoms with E-state index in [1.54, 1.807) is 14.0 Å². The van der Waals surface area contributed by atoms with Gasteiger partial charge >= 0.3 is 5.97 Å². The smallest absolute Gasteiger partial charge is 0.310 e. The molecule has 5 nitrogen and oxygen atoms in total. The third-order valence-electron chi connectivity index (χ3n) is 2.97. The van der Waals surface area contributed by atoms with Crippen molar-refractivity contribution in [2.75, 3.05) is 33.3 Å². The molecule has 0 saturated carbocycles. The van der Waals surface area contributed by atoms with Crippen molar-refractivity contribution >= 4 is 35.9 Å². The molecule has 1 heterocycles. The molecule has 0 aliphatic carbocycles. The third kappa shape index (κ3) is 6.19. The van der Waals surface area contributed by atoms with Gasteiger partial charge in [-0.15, -0.1) is 24.0 Å². The molecule has 20 heavy (non-hydrogen) atoms. The van der Waals surface area contributed by atoms with Crippen molar-refractivity contribution in [3.8, 4) is 0 Å². The summed E-state index contributed by atoms with van der Waals surface area (Å²) in [7, 11) is 1.54. The van der Waals surface area contributed by atoms with Crippen LogP contribution in [0, 0.1) is 5.92 Å². The Kier molecular flexibility index (Phi) is 9.78. The summed E-state index contributed by atoms with van der Waals surface area (Å²) in [6.07, 6.45) is -0.845. The highest BCUT2D eigenvalue weighted by molar-refractivity contribution is 14.0. The maximum atomic E-state index is 12.2. The van der Waals surface area contributed by atoms with Crippen LogP contribution in [0.15, 0.2) is 4.99 Å². The SMILES string of the molecule is CCOC(=O)[C@@H]1CCCN(C(=NC)NCC(F)F)C1.I. The van der Waals surface area contributed by atoms with E-state index in [1.807, 2.05) is 4.90 Å². The van der Waals surface area contributed by atoms with Crippen LogP contribution in [0.25, 0.3) is 0 Å². The van der Waals surface area contributed by atoms with Gasteiger partial charge in [-0.1, -0.05) is 0 Å². The van der Waals surface area contributed by atoms with Crippen LogP contribution in [-0.2, 0) is 9.53 Å². The number of hydrogen-bond acceptors (Lipinski definition) is 3. The Bertz CT molecular complexity index is 330. The van der Waals surface area contributed by atoms with Crippen LogP contribution in [0.1, 0.15) is 19.8 Å². The lowest BCUT2D eigenvalue weighted by Crippen LogP contribution is -2.49. The van der Waals surface area contributed by atoms with Crippen molar-refractivity contribution in [2.24, 2.45) is 10.9 Å². The van der Waals surface area contributed by atoms with Gasteiger partial charge in [0.2, 0.25) is 0 Å². The molecule has 1 saturated heterocycles. The number of esters is 1. The van der Waals surface area contributed by atoms with Crippen LogP contribution in [0.2, 0.25) is 0 Å². The molecule has 0 bridgehead atoms. The lowest BCUT2D eigenvalue weighted by atomic mass is 9.98. The molecule has 0 amide bonds. The van der Waals surface area contributed by atoms with Gasteiger partial charge in [0.15, 0.2) is 5.96 Å². The molecule has 0 aromatic carbocycles. The summed E-state index contributed by atoms with van der Waals surface area (Å²) in [4.78, 5) is 17.5. The molecule has 1 N–H and O–H groups in total. The van der Waals surface area contributed by atoms with Gasteiger partial charge in [-0.3, -0.25) is 9.79 Å². The number of carbonyl (C=O) groups is 1. The summed E-state index contributed by atoms with van der Waals surface area (Å²) in [6.45, 7) is 2.85. The number of aliphatic imine (C=N–C) groups is 1. The molecule has 0 aromatic rings. The van der Waals surface area contributed by atoms with E-state index in [1.165, 1.54) is 0 Å². The van der Waals surface area contributed by atoms with Crippen molar-refractivity contribution in [3.05, 3.63) is 0 Å². The minimum Gasteiger partial charge on any atom is -0.466 e. The fourth-order valence-electron chi connectivity index (χ4n) is 2.12. The van der Waals surface area contributed by atoms with Gasteiger partial charge < -0.3 is 15.0 Å². The predicted molar refractivity (Wildman–Crippen MR) is 83.7 cm³/mol. The maximum Gasteiger partial charge on any atom is 0.310 e. The summed E-state index contributed by atoms with van der Waals surface area (Å²) in [5.41, 5.74) is 0. The molecule has 1 aliphatic rings. The number of likely N-dealkylation sites (tertiary alicyclic amines) is 1. The first-order valence-corrected chi connectivity index (χ1v) is 6.48.